The molecule has 0 spiro atoms. The predicted octanol–water partition coefficient (Wildman–Crippen LogP) is 4.12. The minimum atomic E-state index is -3.89. The van der Waals surface area contributed by atoms with Gasteiger partial charge in [-0.25, -0.2) is 8.42 Å². The summed E-state index contributed by atoms with van der Waals surface area (Å²) in [7, 11) is -3.89. The summed E-state index contributed by atoms with van der Waals surface area (Å²) in [5.74, 6) is -0.405. The maximum absolute atomic E-state index is 13.3. The Balaban J connectivity index is 1.52. The van der Waals surface area contributed by atoms with Gasteiger partial charge in [-0.2, -0.15) is 0 Å². The van der Waals surface area contributed by atoms with E-state index in [1.165, 1.54) is 25.0 Å². The van der Waals surface area contributed by atoms with Crippen LogP contribution in [0.3, 0.4) is 0 Å². The van der Waals surface area contributed by atoms with Gasteiger partial charge in [0, 0.05) is 24.5 Å². The first-order chi connectivity index (χ1) is 15.0. The number of carbonyl (C=O) groups excluding carboxylic acids is 1. The van der Waals surface area contributed by atoms with E-state index in [1.807, 2.05) is 24.3 Å². The van der Waals surface area contributed by atoms with Crippen LogP contribution in [0.25, 0.3) is 0 Å². The highest BCUT2D eigenvalue weighted by Crippen LogP contribution is 2.24. The van der Waals surface area contributed by atoms with E-state index < -0.39 is 15.9 Å². The molecule has 3 aromatic rings. The average molecular weight is 436 g/mol. The van der Waals surface area contributed by atoms with Gasteiger partial charge in [0.25, 0.3) is 10.0 Å². The molecule has 6 nitrogen and oxygen atoms in total. The molecule has 0 aliphatic carbocycles. The number of anilines is 3. The number of carbonyl (C=O) groups is 1. The average Bonchev–Trinajstić information content (AvgIpc) is 3.34. The largest absolute Gasteiger partial charge is 0.372 e. The molecular formula is C24H25N3O3S. The van der Waals surface area contributed by atoms with Gasteiger partial charge in [0.2, 0.25) is 5.91 Å². The maximum Gasteiger partial charge on any atom is 0.264 e. The zero-order valence-corrected chi connectivity index (χ0v) is 18.0. The topological polar surface area (TPSA) is 69.7 Å². The van der Waals surface area contributed by atoms with Crippen LogP contribution in [0.4, 0.5) is 17.1 Å². The molecule has 0 aromatic heterocycles. The SMILES string of the molecule is O=C(CN(c1ccccc1)S(=O)(=O)c1ccccc1)Nc1ccc(N2CCCC2)cc1. The summed E-state index contributed by atoms with van der Waals surface area (Å²) in [6.45, 7) is 1.78. The Labute approximate surface area is 183 Å². The van der Waals surface area contributed by atoms with Crippen LogP contribution in [0, 0.1) is 0 Å². The highest BCUT2D eigenvalue weighted by molar-refractivity contribution is 7.92. The number of para-hydroxylation sites is 1. The number of amides is 1. The summed E-state index contributed by atoms with van der Waals surface area (Å²) in [4.78, 5) is 15.2. The van der Waals surface area contributed by atoms with Crippen molar-refractivity contribution in [3.8, 4) is 0 Å². The lowest BCUT2D eigenvalue weighted by Crippen LogP contribution is -2.38. The van der Waals surface area contributed by atoms with Crippen molar-refractivity contribution in [2.75, 3.05) is 34.2 Å². The van der Waals surface area contributed by atoms with Crippen LogP contribution in [-0.2, 0) is 14.8 Å². The fourth-order valence-electron chi connectivity index (χ4n) is 3.69. The lowest BCUT2D eigenvalue weighted by atomic mass is 10.2. The van der Waals surface area contributed by atoms with Gasteiger partial charge in [0.15, 0.2) is 0 Å². The van der Waals surface area contributed by atoms with Gasteiger partial charge < -0.3 is 10.2 Å². The zero-order chi connectivity index (χ0) is 21.7. The van der Waals surface area contributed by atoms with Crippen molar-refractivity contribution in [1.82, 2.24) is 0 Å². The van der Waals surface area contributed by atoms with E-state index in [0.717, 1.165) is 23.1 Å². The van der Waals surface area contributed by atoms with E-state index in [2.05, 4.69) is 10.2 Å². The van der Waals surface area contributed by atoms with E-state index in [1.54, 1.807) is 48.5 Å². The summed E-state index contributed by atoms with van der Waals surface area (Å²) >= 11 is 0. The molecule has 1 heterocycles. The standard InChI is InChI=1S/C24H25N3O3S/c28-24(25-20-13-15-21(16-14-20)26-17-7-8-18-26)19-27(22-9-3-1-4-10-22)31(29,30)23-11-5-2-6-12-23/h1-6,9-16H,7-8,17-19H2,(H,25,28). The zero-order valence-electron chi connectivity index (χ0n) is 17.1. The molecule has 1 N–H and O–H groups in total. The first-order valence-corrected chi connectivity index (χ1v) is 11.8. The molecule has 3 aromatic carbocycles. The Morgan fingerprint density at radius 3 is 2.03 bits per heavy atom. The molecule has 1 saturated heterocycles. The number of nitrogens with one attached hydrogen (secondary N) is 1. The summed E-state index contributed by atoms with van der Waals surface area (Å²) < 4.78 is 27.6. The van der Waals surface area contributed by atoms with E-state index in [-0.39, 0.29) is 11.4 Å². The fraction of sp³-hybridized carbons (Fsp3) is 0.208. The molecular weight excluding hydrogens is 410 g/mol. The molecule has 0 saturated carbocycles. The Morgan fingerprint density at radius 1 is 0.839 bits per heavy atom. The molecule has 1 amide bonds. The van der Waals surface area contributed by atoms with Crippen LogP contribution in [0.5, 0.6) is 0 Å². The predicted molar refractivity (Wildman–Crippen MR) is 124 cm³/mol. The number of benzene rings is 3. The highest BCUT2D eigenvalue weighted by atomic mass is 32.2. The second kappa shape index (κ2) is 9.22. The van der Waals surface area contributed by atoms with Crippen LogP contribution in [0.15, 0.2) is 89.8 Å². The first kappa shape index (κ1) is 20.9. The van der Waals surface area contributed by atoms with Crippen LogP contribution in [0.1, 0.15) is 12.8 Å². The Kier molecular flexibility index (Phi) is 6.23. The lowest BCUT2D eigenvalue weighted by molar-refractivity contribution is -0.114. The van der Waals surface area contributed by atoms with Crippen LogP contribution < -0.4 is 14.5 Å². The number of nitrogens with zero attached hydrogens (tertiary/aromatic N) is 2. The number of hydrogen-bond acceptors (Lipinski definition) is 4. The molecule has 1 aliphatic rings. The Morgan fingerprint density at radius 2 is 1.42 bits per heavy atom. The lowest BCUT2D eigenvalue weighted by Gasteiger charge is -2.24. The Hall–Kier alpha value is -3.32. The third-order valence-electron chi connectivity index (χ3n) is 5.28. The normalized spacial score (nSPS) is 13.7. The summed E-state index contributed by atoms with van der Waals surface area (Å²) in [6, 6.07) is 24.5. The second-order valence-corrected chi connectivity index (χ2v) is 9.31. The van der Waals surface area contributed by atoms with Gasteiger partial charge in [-0.1, -0.05) is 36.4 Å². The molecule has 31 heavy (non-hydrogen) atoms. The van der Waals surface area contributed by atoms with E-state index in [4.69, 9.17) is 0 Å². The maximum atomic E-state index is 13.3. The quantitative estimate of drug-likeness (QED) is 0.606. The second-order valence-electron chi connectivity index (χ2n) is 7.45. The fourth-order valence-corrected chi connectivity index (χ4v) is 5.13. The molecule has 4 rings (SSSR count). The third kappa shape index (κ3) is 4.88. The first-order valence-electron chi connectivity index (χ1n) is 10.3. The summed E-state index contributed by atoms with van der Waals surface area (Å²) in [5.41, 5.74) is 2.21. The van der Waals surface area contributed by atoms with Crippen LogP contribution in [0.2, 0.25) is 0 Å². The molecule has 0 atom stereocenters. The van der Waals surface area contributed by atoms with Gasteiger partial charge in [0.05, 0.1) is 10.6 Å². The smallest absolute Gasteiger partial charge is 0.264 e. The third-order valence-corrected chi connectivity index (χ3v) is 7.07. The van der Waals surface area contributed by atoms with E-state index in [0.29, 0.717) is 11.4 Å². The van der Waals surface area contributed by atoms with Gasteiger partial charge in [-0.3, -0.25) is 9.10 Å². The van der Waals surface area contributed by atoms with E-state index >= 15 is 0 Å². The minimum Gasteiger partial charge on any atom is -0.372 e. The van der Waals surface area contributed by atoms with Crippen molar-refractivity contribution in [1.29, 1.82) is 0 Å². The van der Waals surface area contributed by atoms with Crippen molar-refractivity contribution in [3.05, 3.63) is 84.9 Å². The number of rotatable bonds is 7. The van der Waals surface area contributed by atoms with Gasteiger partial charge >= 0.3 is 0 Å². The van der Waals surface area contributed by atoms with Crippen LogP contribution >= 0.6 is 0 Å². The van der Waals surface area contributed by atoms with Crippen molar-refractivity contribution >= 4 is 33.0 Å². The van der Waals surface area contributed by atoms with Gasteiger partial charge in [0.1, 0.15) is 6.54 Å². The summed E-state index contributed by atoms with van der Waals surface area (Å²) in [6.07, 6.45) is 2.40. The van der Waals surface area contributed by atoms with Crippen molar-refractivity contribution < 1.29 is 13.2 Å². The van der Waals surface area contributed by atoms with Gasteiger partial charge in [-0.15, -0.1) is 0 Å². The van der Waals surface area contributed by atoms with Gasteiger partial charge in [-0.05, 0) is 61.4 Å². The molecule has 0 unspecified atom stereocenters. The molecule has 0 radical (unpaired) electrons. The van der Waals surface area contributed by atoms with E-state index in [9.17, 15) is 13.2 Å². The summed E-state index contributed by atoms with van der Waals surface area (Å²) in [5, 5.41) is 2.82. The number of sulfonamides is 1. The van der Waals surface area contributed by atoms with Crippen molar-refractivity contribution in [2.45, 2.75) is 17.7 Å². The molecule has 160 valence electrons. The molecule has 0 bridgehead atoms. The highest BCUT2D eigenvalue weighted by Gasteiger charge is 2.27. The van der Waals surface area contributed by atoms with Crippen molar-refractivity contribution in [2.24, 2.45) is 0 Å². The molecule has 1 fully saturated rings. The number of hydrogen-bond donors (Lipinski definition) is 1. The Bertz CT molecular complexity index is 1110. The molecule has 7 heteroatoms. The van der Waals surface area contributed by atoms with Crippen molar-refractivity contribution in [3.63, 3.8) is 0 Å². The van der Waals surface area contributed by atoms with Crippen LogP contribution in [-0.4, -0.2) is 34.0 Å². The minimum absolute atomic E-state index is 0.140. The molecule has 1 aliphatic heterocycles. The monoisotopic (exact) mass is 435 g/mol.